The third-order valence-corrected chi connectivity index (χ3v) is 4.74. The van der Waals surface area contributed by atoms with Crippen LogP contribution in [0.2, 0.25) is 0 Å². The second-order valence-electron chi connectivity index (χ2n) is 6.25. The van der Waals surface area contributed by atoms with Crippen molar-refractivity contribution in [1.29, 1.82) is 0 Å². The smallest absolute Gasteiger partial charge is 0.228 e. The van der Waals surface area contributed by atoms with Gasteiger partial charge >= 0.3 is 0 Å². The van der Waals surface area contributed by atoms with E-state index in [4.69, 9.17) is 0 Å². The van der Waals surface area contributed by atoms with Gasteiger partial charge in [-0.05, 0) is 27.2 Å². The number of carbonyl (C=O) groups is 1. The lowest BCUT2D eigenvalue weighted by Crippen LogP contribution is -3.00. The molecule has 0 unspecified atom stereocenters. The normalized spacial score (nSPS) is 11.0. The molecule has 138 valence electrons. The molecule has 0 aliphatic heterocycles. The molecule has 0 N–H and O–H groups in total. The van der Waals surface area contributed by atoms with E-state index in [2.05, 4.69) is 35.7 Å². The minimum atomic E-state index is 0. The molecule has 0 bridgehead atoms. The Balaban J connectivity index is 0.00000529. The van der Waals surface area contributed by atoms with Crippen molar-refractivity contribution in [2.75, 3.05) is 45.2 Å². The van der Waals surface area contributed by atoms with Crippen molar-refractivity contribution in [1.82, 2.24) is 15.0 Å². The van der Waals surface area contributed by atoms with E-state index in [1.807, 2.05) is 19.0 Å². The Morgan fingerprint density at radius 3 is 2.25 bits per heavy atom. The fourth-order valence-electron chi connectivity index (χ4n) is 2.73. The number of aryl methyl sites for hydroxylation is 1. The van der Waals surface area contributed by atoms with Crippen LogP contribution in [0.15, 0.2) is 6.33 Å². The van der Waals surface area contributed by atoms with Crippen LogP contribution in [-0.4, -0.2) is 65.5 Å². The molecule has 0 radical (unpaired) electrons. The van der Waals surface area contributed by atoms with Gasteiger partial charge in [-0.15, -0.1) is 0 Å². The lowest BCUT2D eigenvalue weighted by Gasteiger charge is -2.35. The van der Waals surface area contributed by atoms with Gasteiger partial charge in [0.1, 0.15) is 17.9 Å². The van der Waals surface area contributed by atoms with Crippen LogP contribution in [-0.2, 0) is 11.2 Å². The summed E-state index contributed by atoms with van der Waals surface area (Å²) < 4.78 is 1.03. The number of carbonyl (C=O) groups excluding carboxylic acids is 1. The molecular formula is C17H32BrN5O. The van der Waals surface area contributed by atoms with E-state index in [0.29, 0.717) is 24.6 Å². The van der Waals surface area contributed by atoms with Gasteiger partial charge in [0.2, 0.25) is 5.95 Å². The average molecular weight is 402 g/mol. The van der Waals surface area contributed by atoms with Crippen molar-refractivity contribution in [2.45, 2.75) is 46.5 Å². The molecule has 1 rings (SSSR count). The molecule has 1 heterocycles. The topological polar surface area (TPSA) is 59.0 Å². The molecule has 0 atom stereocenters. The van der Waals surface area contributed by atoms with Crippen molar-refractivity contribution < 1.29 is 26.3 Å². The largest absolute Gasteiger partial charge is 1.00 e. The van der Waals surface area contributed by atoms with Crippen LogP contribution in [0.4, 0.5) is 5.95 Å². The van der Waals surface area contributed by atoms with Crippen LogP contribution in [0.25, 0.3) is 0 Å². The fourth-order valence-corrected chi connectivity index (χ4v) is 2.73. The molecule has 0 fully saturated rings. The number of rotatable bonds is 11. The van der Waals surface area contributed by atoms with E-state index < -0.39 is 0 Å². The number of aromatic nitrogens is 3. The van der Waals surface area contributed by atoms with Gasteiger partial charge in [-0.25, -0.2) is 9.97 Å². The van der Waals surface area contributed by atoms with Crippen LogP contribution >= 0.6 is 0 Å². The Kier molecular flexibility index (Phi) is 11.0. The summed E-state index contributed by atoms with van der Waals surface area (Å²) in [7, 11) is 3.81. The summed E-state index contributed by atoms with van der Waals surface area (Å²) in [6, 6.07) is 0. The Labute approximate surface area is 157 Å². The summed E-state index contributed by atoms with van der Waals surface area (Å²) in [4.78, 5) is 26.7. The summed E-state index contributed by atoms with van der Waals surface area (Å²) in [6.07, 6.45) is 4.36. The number of nitrogens with zero attached hydrogens (tertiary/aromatic N) is 5. The van der Waals surface area contributed by atoms with Crippen LogP contribution in [0.1, 0.15) is 45.9 Å². The van der Waals surface area contributed by atoms with Gasteiger partial charge in [0.25, 0.3) is 0 Å². The highest BCUT2D eigenvalue weighted by atomic mass is 79.9. The van der Waals surface area contributed by atoms with E-state index in [1.54, 1.807) is 0 Å². The minimum Gasteiger partial charge on any atom is -1.00 e. The lowest BCUT2D eigenvalue weighted by atomic mass is 10.1. The first-order chi connectivity index (χ1) is 11.0. The number of quaternary nitrogens is 1. The van der Waals surface area contributed by atoms with Crippen molar-refractivity contribution in [3.05, 3.63) is 12.2 Å². The molecule has 1 aromatic rings. The van der Waals surface area contributed by atoms with Crippen molar-refractivity contribution in [3.8, 4) is 0 Å². The van der Waals surface area contributed by atoms with Crippen LogP contribution in [0, 0.1) is 0 Å². The first kappa shape index (κ1) is 22.9. The molecule has 1 aromatic heterocycles. The van der Waals surface area contributed by atoms with Crippen LogP contribution in [0.5, 0.6) is 0 Å². The van der Waals surface area contributed by atoms with Crippen molar-refractivity contribution in [2.24, 2.45) is 0 Å². The SMILES string of the molecule is CC[N+](CC)(CC)CCC(=O)CCCc1ncnc(N(C)C)n1.[Br-]. The van der Waals surface area contributed by atoms with Crippen LogP contribution in [0.3, 0.4) is 0 Å². The molecule has 0 saturated carbocycles. The number of hydrogen-bond donors (Lipinski definition) is 0. The highest BCUT2D eigenvalue weighted by molar-refractivity contribution is 5.78. The maximum absolute atomic E-state index is 12.1. The Bertz CT molecular complexity index is 483. The summed E-state index contributed by atoms with van der Waals surface area (Å²) >= 11 is 0. The average Bonchev–Trinajstić information content (AvgIpc) is 2.57. The standard InChI is InChI=1S/C17H32N5O.BrH/c1-6-22(7-2,8-3)13-12-15(23)10-9-11-16-18-14-19-17(20-16)21(4)5;/h14H,6-13H2,1-5H3;1H/q+1;/p-1. The van der Waals surface area contributed by atoms with Gasteiger partial charge in [0.15, 0.2) is 0 Å². The van der Waals surface area contributed by atoms with Gasteiger partial charge in [-0.2, -0.15) is 4.98 Å². The summed E-state index contributed by atoms with van der Waals surface area (Å²) in [6.45, 7) is 10.9. The van der Waals surface area contributed by atoms with Crippen LogP contribution < -0.4 is 21.9 Å². The zero-order valence-electron chi connectivity index (χ0n) is 15.8. The maximum Gasteiger partial charge on any atom is 0.228 e. The molecule has 0 aliphatic carbocycles. The summed E-state index contributed by atoms with van der Waals surface area (Å²) in [5.41, 5.74) is 0. The van der Waals surface area contributed by atoms with Gasteiger partial charge < -0.3 is 26.4 Å². The van der Waals surface area contributed by atoms with Gasteiger partial charge in [0, 0.05) is 26.9 Å². The minimum absolute atomic E-state index is 0. The van der Waals surface area contributed by atoms with Gasteiger partial charge in [0.05, 0.1) is 32.6 Å². The molecular weight excluding hydrogens is 370 g/mol. The predicted molar refractivity (Wildman–Crippen MR) is 93.5 cm³/mol. The second kappa shape index (κ2) is 11.5. The molecule has 0 spiro atoms. The summed E-state index contributed by atoms with van der Waals surface area (Å²) in [5, 5.41) is 0. The number of Topliss-reactive ketones (excluding diaryl/α,β-unsaturated/α-hetero) is 1. The Hall–Kier alpha value is -1.08. The Morgan fingerprint density at radius 2 is 1.71 bits per heavy atom. The Morgan fingerprint density at radius 1 is 1.08 bits per heavy atom. The van der Waals surface area contributed by atoms with Gasteiger partial charge in [-0.1, -0.05) is 0 Å². The number of halogens is 1. The number of anilines is 1. The molecule has 0 saturated heterocycles. The predicted octanol–water partition coefficient (Wildman–Crippen LogP) is -0.900. The van der Waals surface area contributed by atoms with E-state index in [9.17, 15) is 4.79 Å². The van der Waals surface area contributed by atoms with Crippen molar-refractivity contribution in [3.63, 3.8) is 0 Å². The second-order valence-corrected chi connectivity index (χ2v) is 6.25. The molecule has 7 heteroatoms. The van der Waals surface area contributed by atoms with E-state index in [0.717, 1.165) is 49.3 Å². The highest BCUT2D eigenvalue weighted by Crippen LogP contribution is 2.10. The molecule has 0 aliphatic rings. The first-order valence-corrected chi connectivity index (χ1v) is 8.68. The zero-order valence-corrected chi connectivity index (χ0v) is 17.3. The molecule has 0 aromatic carbocycles. The quantitative estimate of drug-likeness (QED) is 0.449. The number of ketones is 1. The third-order valence-electron chi connectivity index (χ3n) is 4.74. The van der Waals surface area contributed by atoms with E-state index in [1.165, 1.54) is 6.33 Å². The maximum atomic E-state index is 12.1. The van der Waals surface area contributed by atoms with E-state index >= 15 is 0 Å². The van der Waals surface area contributed by atoms with E-state index in [-0.39, 0.29) is 17.0 Å². The monoisotopic (exact) mass is 401 g/mol. The first-order valence-electron chi connectivity index (χ1n) is 8.68. The molecule has 24 heavy (non-hydrogen) atoms. The molecule has 0 amide bonds. The summed E-state index contributed by atoms with van der Waals surface area (Å²) in [5.74, 6) is 1.78. The van der Waals surface area contributed by atoms with Crippen molar-refractivity contribution >= 4 is 11.7 Å². The zero-order chi connectivity index (χ0) is 17.3. The highest BCUT2D eigenvalue weighted by Gasteiger charge is 2.21. The number of hydrogen-bond acceptors (Lipinski definition) is 5. The third kappa shape index (κ3) is 7.21. The van der Waals surface area contributed by atoms with Gasteiger partial charge in [-0.3, -0.25) is 4.79 Å². The lowest BCUT2D eigenvalue weighted by molar-refractivity contribution is -0.922. The fraction of sp³-hybridized carbons (Fsp3) is 0.765. The molecule has 6 nitrogen and oxygen atoms in total.